The van der Waals surface area contributed by atoms with E-state index in [1.54, 1.807) is 12.1 Å². The van der Waals surface area contributed by atoms with Crippen LogP contribution in [0, 0.1) is 11.3 Å². The van der Waals surface area contributed by atoms with Gasteiger partial charge in [-0.3, -0.25) is 4.72 Å². The molecular formula is C23H25N3O3S. The van der Waals surface area contributed by atoms with Crippen molar-refractivity contribution in [3.63, 3.8) is 0 Å². The normalized spacial score (nSPS) is 23.0. The van der Waals surface area contributed by atoms with Gasteiger partial charge in [0.15, 0.2) is 0 Å². The number of likely N-dealkylation sites (N-methyl/N-ethyl adjacent to an activating group) is 1. The van der Waals surface area contributed by atoms with Crippen molar-refractivity contribution in [2.24, 2.45) is 0 Å². The molecule has 2 aromatic carbocycles. The first-order chi connectivity index (χ1) is 14.5. The van der Waals surface area contributed by atoms with Gasteiger partial charge in [-0.2, -0.15) is 5.26 Å². The summed E-state index contributed by atoms with van der Waals surface area (Å²) in [6.07, 6.45) is 4.00. The van der Waals surface area contributed by atoms with Crippen molar-refractivity contribution >= 4 is 21.4 Å². The quantitative estimate of drug-likeness (QED) is 0.717. The standard InChI is InChI=1S/C23H25N3O3S/c1-2-26-22-13-18(29-17-7-8-17)9-12-20(22)21(14-24)23(26)15-3-5-16(6-4-15)25-30(27,28)19-10-11-19/h3-6,9,12-13,17,19,21,23,25H,2,7-8,10-11H2,1H3. The Morgan fingerprint density at radius 2 is 1.87 bits per heavy atom. The number of fused-ring (bicyclic) bond motifs is 1. The zero-order valence-corrected chi connectivity index (χ0v) is 17.7. The van der Waals surface area contributed by atoms with E-state index in [0.29, 0.717) is 11.8 Å². The monoisotopic (exact) mass is 423 g/mol. The van der Waals surface area contributed by atoms with Gasteiger partial charge < -0.3 is 9.64 Å². The number of hydrogen-bond donors (Lipinski definition) is 1. The number of benzene rings is 2. The summed E-state index contributed by atoms with van der Waals surface area (Å²) in [7, 11) is -3.28. The van der Waals surface area contributed by atoms with Gasteiger partial charge in [0.1, 0.15) is 5.75 Å². The maximum Gasteiger partial charge on any atom is 0.235 e. The van der Waals surface area contributed by atoms with Crippen LogP contribution in [0.3, 0.4) is 0 Å². The minimum Gasteiger partial charge on any atom is -0.490 e. The van der Waals surface area contributed by atoms with Crippen molar-refractivity contribution in [3.8, 4) is 11.8 Å². The Morgan fingerprint density at radius 1 is 1.13 bits per heavy atom. The molecule has 0 saturated heterocycles. The van der Waals surface area contributed by atoms with Crippen molar-refractivity contribution in [1.29, 1.82) is 5.26 Å². The molecule has 5 rings (SSSR count). The molecule has 0 bridgehead atoms. The van der Waals surface area contributed by atoms with E-state index in [1.165, 1.54) is 0 Å². The fourth-order valence-electron chi connectivity index (χ4n) is 4.24. The maximum absolute atomic E-state index is 12.2. The highest BCUT2D eigenvalue weighted by atomic mass is 32.2. The average molecular weight is 424 g/mol. The van der Waals surface area contributed by atoms with E-state index in [9.17, 15) is 13.7 Å². The van der Waals surface area contributed by atoms with Crippen LogP contribution in [0.2, 0.25) is 0 Å². The second kappa shape index (κ2) is 7.21. The topological polar surface area (TPSA) is 82.4 Å². The zero-order chi connectivity index (χ0) is 20.9. The summed E-state index contributed by atoms with van der Waals surface area (Å²) in [5, 5.41) is 9.70. The molecule has 0 aromatic heterocycles. The number of nitrogens with one attached hydrogen (secondary N) is 1. The highest BCUT2D eigenvalue weighted by molar-refractivity contribution is 7.93. The Bertz CT molecular complexity index is 1100. The molecule has 6 nitrogen and oxygen atoms in total. The number of nitriles is 1. The summed E-state index contributed by atoms with van der Waals surface area (Å²) in [5.74, 6) is 0.570. The van der Waals surface area contributed by atoms with Gasteiger partial charge in [0, 0.05) is 24.0 Å². The molecule has 156 valence electrons. The number of ether oxygens (including phenoxy) is 1. The third-order valence-electron chi connectivity index (χ3n) is 6.08. The smallest absolute Gasteiger partial charge is 0.235 e. The van der Waals surface area contributed by atoms with Crippen LogP contribution in [0.1, 0.15) is 55.7 Å². The van der Waals surface area contributed by atoms with Crippen molar-refractivity contribution in [1.82, 2.24) is 0 Å². The van der Waals surface area contributed by atoms with Gasteiger partial charge in [-0.15, -0.1) is 0 Å². The van der Waals surface area contributed by atoms with Gasteiger partial charge in [0.05, 0.1) is 29.4 Å². The summed E-state index contributed by atoms with van der Waals surface area (Å²) in [6.45, 7) is 2.85. The van der Waals surface area contributed by atoms with E-state index in [2.05, 4.69) is 28.7 Å². The molecule has 30 heavy (non-hydrogen) atoms. The van der Waals surface area contributed by atoms with Crippen LogP contribution in [0.15, 0.2) is 42.5 Å². The minimum atomic E-state index is -3.28. The lowest BCUT2D eigenvalue weighted by Crippen LogP contribution is -2.26. The predicted octanol–water partition coefficient (Wildman–Crippen LogP) is 4.32. The molecule has 2 aliphatic carbocycles. The fraction of sp³-hybridized carbons (Fsp3) is 0.435. The molecule has 0 spiro atoms. The molecule has 7 heteroatoms. The van der Waals surface area contributed by atoms with E-state index in [-0.39, 0.29) is 17.2 Å². The van der Waals surface area contributed by atoms with Crippen molar-refractivity contribution in [2.45, 2.75) is 55.9 Å². The van der Waals surface area contributed by atoms with Gasteiger partial charge >= 0.3 is 0 Å². The molecule has 2 fully saturated rings. The van der Waals surface area contributed by atoms with E-state index in [1.807, 2.05) is 24.3 Å². The van der Waals surface area contributed by atoms with E-state index >= 15 is 0 Å². The lowest BCUT2D eigenvalue weighted by Gasteiger charge is -2.28. The summed E-state index contributed by atoms with van der Waals surface area (Å²) in [5.41, 5.74) is 3.63. The van der Waals surface area contributed by atoms with Gasteiger partial charge in [0.2, 0.25) is 10.0 Å². The molecular weight excluding hydrogens is 398 g/mol. The molecule has 1 heterocycles. The number of hydrogen-bond acceptors (Lipinski definition) is 5. The molecule has 1 aliphatic heterocycles. The number of nitrogens with zero attached hydrogens (tertiary/aromatic N) is 2. The highest BCUT2D eigenvalue weighted by Gasteiger charge is 2.40. The largest absolute Gasteiger partial charge is 0.490 e. The summed E-state index contributed by atoms with van der Waals surface area (Å²) in [6, 6.07) is 15.9. The molecule has 0 amide bonds. The molecule has 2 saturated carbocycles. The Labute approximate surface area is 177 Å². The molecule has 2 unspecified atom stereocenters. The third-order valence-corrected chi connectivity index (χ3v) is 7.95. The lowest BCUT2D eigenvalue weighted by atomic mass is 9.91. The predicted molar refractivity (Wildman–Crippen MR) is 116 cm³/mol. The highest BCUT2D eigenvalue weighted by Crippen LogP contribution is 2.50. The van der Waals surface area contributed by atoms with Crippen LogP contribution in [0.25, 0.3) is 0 Å². The molecule has 2 aromatic rings. The lowest BCUT2D eigenvalue weighted by molar-refractivity contribution is 0.303. The number of sulfonamides is 1. The SMILES string of the molecule is CCN1c2cc(OC3CC3)ccc2C(C#N)C1c1ccc(NS(=O)(=O)C2CC2)cc1. The fourth-order valence-corrected chi connectivity index (χ4v) is 5.63. The van der Waals surface area contributed by atoms with Crippen LogP contribution < -0.4 is 14.4 Å². The van der Waals surface area contributed by atoms with Crippen LogP contribution in [0.5, 0.6) is 5.75 Å². The first kappa shape index (κ1) is 19.3. The van der Waals surface area contributed by atoms with Crippen molar-refractivity contribution in [2.75, 3.05) is 16.2 Å². The van der Waals surface area contributed by atoms with Crippen LogP contribution >= 0.6 is 0 Å². The van der Waals surface area contributed by atoms with Gasteiger partial charge in [0.25, 0.3) is 0 Å². The Balaban J connectivity index is 1.43. The number of rotatable bonds is 7. The summed E-state index contributed by atoms with van der Waals surface area (Å²) < 4.78 is 33.0. The van der Waals surface area contributed by atoms with Crippen LogP contribution in [0.4, 0.5) is 11.4 Å². The van der Waals surface area contributed by atoms with Crippen molar-refractivity contribution in [3.05, 3.63) is 53.6 Å². The van der Waals surface area contributed by atoms with Gasteiger partial charge in [-0.1, -0.05) is 18.2 Å². The third kappa shape index (κ3) is 3.50. The van der Waals surface area contributed by atoms with Gasteiger partial charge in [-0.05, 0) is 61.9 Å². The second-order valence-electron chi connectivity index (χ2n) is 8.34. The molecule has 3 aliphatic rings. The molecule has 2 atom stereocenters. The number of anilines is 2. The Morgan fingerprint density at radius 3 is 2.47 bits per heavy atom. The second-order valence-corrected chi connectivity index (χ2v) is 10.3. The van der Waals surface area contributed by atoms with E-state index in [4.69, 9.17) is 4.74 Å². The maximum atomic E-state index is 12.2. The first-order valence-electron chi connectivity index (χ1n) is 10.6. The van der Waals surface area contributed by atoms with Crippen LogP contribution in [-0.2, 0) is 10.0 Å². The van der Waals surface area contributed by atoms with Gasteiger partial charge in [-0.25, -0.2) is 8.42 Å². The van der Waals surface area contributed by atoms with Crippen LogP contribution in [-0.4, -0.2) is 26.3 Å². The van der Waals surface area contributed by atoms with E-state index < -0.39 is 10.0 Å². The first-order valence-corrected chi connectivity index (χ1v) is 12.1. The average Bonchev–Trinajstić information content (AvgIpc) is 3.64. The molecule has 1 N–H and O–H groups in total. The Kier molecular flexibility index (Phi) is 4.62. The Hall–Kier alpha value is -2.72. The van der Waals surface area contributed by atoms with E-state index in [0.717, 1.165) is 54.8 Å². The molecule has 0 radical (unpaired) electrons. The van der Waals surface area contributed by atoms with Crippen molar-refractivity contribution < 1.29 is 13.2 Å². The summed E-state index contributed by atoms with van der Waals surface area (Å²) in [4.78, 5) is 2.24. The minimum absolute atomic E-state index is 0.111. The zero-order valence-electron chi connectivity index (χ0n) is 16.9. The summed E-state index contributed by atoms with van der Waals surface area (Å²) >= 11 is 0.